The first-order valence-corrected chi connectivity index (χ1v) is 8.61. The van der Waals surface area contributed by atoms with Gasteiger partial charge in [-0.15, -0.1) is 0 Å². The monoisotopic (exact) mass is 376 g/mol. The summed E-state index contributed by atoms with van der Waals surface area (Å²) >= 11 is 0. The van der Waals surface area contributed by atoms with E-state index in [-0.39, 0.29) is 11.7 Å². The number of amides is 1. The number of fused-ring (bicyclic) bond motifs is 1. The molecular weight excluding hydrogens is 359 g/mol. The Kier molecular flexibility index (Phi) is 4.67. The smallest absolute Gasteiger partial charge is 0.272 e. The van der Waals surface area contributed by atoms with Crippen LogP contribution in [0.2, 0.25) is 0 Å². The van der Waals surface area contributed by atoms with Gasteiger partial charge in [0.1, 0.15) is 11.6 Å². The van der Waals surface area contributed by atoms with Crippen molar-refractivity contribution < 1.29 is 9.18 Å². The maximum atomic E-state index is 14.0. The minimum atomic E-state index is -0.277. The molecule has 0 fully saturated rings. The summed E-state index contributed by atoms with van der Waals surface area (Å²) in [5.41, 5.74) is 4.80. The van der Waals surface area contributed by atoms with Crippen LogP contribution < -0.4 is 5.43 Å². The van der Waals surface area contributed by atoms with Crippen molar-refractivity contribution in [3.63, 3.8) is 0 Å². The topological polar surface area (TPSA) is 75.9 Å². The number of anilines is 1. The molecule has 28 heavy (non-hydrogen) atoms. The van der Waals surface area contributed by atoms with Gasteiger partial charge in [0, 0.05) is 48.2 Å². The first kappa shape index (κ1) is 17.6. The Morgan fingerprint density at radius 3 is 2.75 bits per heavy atom. The Labute approximate surface area is 160 Å². The summed E-state index contributed by atoms with van der Waals surface area (Å²) in [4.78, 5) is 20.7. The molecule has 4 rings (SSSR count). The second-order valence-corrected chi connectivity index (χ2v) is 6.23. The average Bonchev–Trinajstić information content (AvgIpc) is 3.12. The molecular formula is C20H17FN6O. The molecule has 8 heteroatoms. The minimum Gasteiger partial charge on any atom is -0.279 e. The molecule has 0 radical (unpaired) electrons. The average molecular weight is 376 g/mol. The highest BCUT2D eigenvalue weighted by Gasteiger charge is 2.13. The fraction of sp³-hybridized carbons (Fsp3) is 0.100. The molecule has 0 aliphatic rings. The Balaban J connectivity index is 1.57. The highest BCUT2D eigenvalue weighted by atomic mass is 19.1. The van der Waals surface area contributed by atoms with E-state index in [9.17, 15) is 9.18 Å². The Bertz CT molecular complexity index is 1130. The number of nitrogens with one attached hydrogen (secondary N) is 1. The molecule has 0 saturated carbocycles. The number of nitrogens with zero attached hydrogens (tertiary/aromatic N) is 5. The number of rotatable bonds is 5. The van der Waals surface area contributed by atoms with Crippen molar-refractivity contribution in [3.8, 4) is 0 Å². The second kappa shape index (κ2) is 7.43. The van der Waals surface area contributed by atoms with Crippen molar-refractivity contribution in [1.29, 1.82) is 0 Å². The molecule has 140 valence electrons. The van der Waals surface area contributed by atoms with Crippen LogP contribution in [0, 0.1) is 5.82 Å². The number of aromatic nitrogens is 4. The summed E-state index contributed by atoms with van der Waals surface area (Å²) in [6.07, 6.45) is 6.46. The van der Waals surface area contributed by atoms with E-state index < -0.39 is 0 Å². The van der Waals surface area contributed by atoms with Crippen molar-refractivity contribution >= 4 is 22.6 Å². The highest BCUT2D eigenvalue weighted by molar-refractivity contribution is 5.94. The Hall–Kier alpha value is -3.81. The van der Waals surface area contributed by atoms with Crippen LogP contribution in [0.25, 0.3) is 10.9 Å². The molecule has 3 heterocycles. The zero-order valence-corrected chi connectivity index (χ0v) is 15.1. The van der Waals surface area contributed by atoms with Gasteiger partial charge >= 0.3 is 0 Å². The number of hydrogen-bond donors (Lipinski definition) is 1. The predicted molar refractivity (Wildman–Crippen MR) is 103 cm³/mol. The number of pyridine rings is 2. The molecule has 1 N–H and O–H groups in total. The second-order valence-electron chi connectivity index (χ2n) is 6.23. The van der Waals surface area contributed by atoms with E-state index in [4.69, 9.17) is 0 Å². The largest absolute Gasteiger partial charge is 0.279 e. The summed E-state index contributed by atoms with van der Waals surface area (Å²) in [5, 5.41) is 6.50. The van der Waals surface area contributed by atoms with Gasteiger partial charge in [0.15, 0.2) is 0 Å². The van der Waals surface area contributed by atoms with Crippen molar-refractivity contribution in [2.75, 3.05) is 12.5 Å². The third-order valence-corrected chi connectivity index (χ3v) is 4.32. The molecule has 0 aliphatic heterocycles. The molecule has 0 unspecified atom stereocenters. The summed E-state index contributed by atoms with van der Waals surface area (Å²) in [5.74, 6) is -0.0157. The molecule has 7 nitrogen and oxygen atoms in total. The van der Waals surface area contributed by atoms with E-state index in [0.717, 1.165) is 10.9 Å². The predicted octanol–water partition coefficient (Wildman–Crippen LogP) is 3.11. The minimum absolute atomic E-state index is 0.218. The fourth-order valence-corrected chi connectivity index (χ4v) is 2.86. The van der Waals surface area contributed by atoms with Gasteiger partial charge in [-0.3, -0.25) is 24.9 Å². The highest BCUT2D eigenvalue weighted by Crippen LogP contribution is 2.19. The van der Waals surface area contributed by atoms with Crippen LogP contribution in [-0.4, -0.2) is 37.7 Å². The van der Waals surface area contributed by atoms with Gasteiger partial charge in [0.05, 0.1) is 18.3 Å². The van der Waals surface area contributed by atoms with E-state index in [2.05, 4.69) is 20.5 Å². The molecule has 1 amide bonds. The molecule has 3 aromatic heterocycles. The lowest BCUT2D eigenvalue weighted by atomic mass is 10.2. The van der Waals surface area contributed by atoms with Gasteiger partial charge < -0.3 is 0 Å². The summed E-state index contributed by atoms with van der Waals surface area (Å²) in [6.45, 7) is 0.297. The van der Waals surface area contributed by atoms with Crippen molar-refractivity contribution in [2.45, 2.75) is 6.54 Å². The van der Waals surface area contributed by atoms with E-state index in [1.54, 1.807) is 72.9 Å². The van der Waals surface area contributed by atoms with Crippen LogP contribution in [0.5, 0.6) is 0 Å². The van der Waals surface area contributed by atoms with Gasteiger partial charge in [-0.25, -0.2) is 9.37 Å². The number of carbonyl (C=O) groups is 1. The van der Waals surface area contributed by atoms with Crippen LogP contribution in [0.1, 0.15) is 15.9 Å². The zero-order chi connectivity index (χ0) is 19.5. The first-order valence-electron chi connectivity index (χ1n) is 8.61. The molecule has 4 aromatic rings. The lowest BCUT2D eigenvalue weighted by Crippen LogP contribution is -2.32. The van der Waals surface area contributed by atoms with Crippen molar-refractivity contribution in [1.82, 2.24) is 24.8 Å². The lowest BCUT2D eigenvalue weighted by Gasteiger charge is -2.19. The van der Waals surface area contributed by atoms with Gasteiger partial charge in [-0.05, 0) is 18.2 Å². The summed E-state index contributed by atoms with van der Waals surface area (Å²) in [6, 6.07) is 11.7. The van der Waals surface area contributed by atoms with Gasteiger partial charge in [0.2, 0.25) is 0 Å². The fourth-order valence-electron chi connectivity index (χ4n) is 2.86. The van der Waals surface area contributed by atoms with Crippen LogP contribution in [-0.2, 0) is 6.54 Å². The van der Waals surface area contributed by atoms with E-state index in [1.165, 1.54) is 11.1 Å². The molecule has 0 saturated heterocycles. The maximum absolute atomic E-state index is 14.0. The number of halogens is 1. The molecule has 1 aromatic carbocycles. The van der Waals surface area contributed by atoms with Gasteiger partial charge in [0.25, 0.3) is 5.91 Å². The van der Waals surface area contributed by atoms with Crippen molar-refractivity contribution in [3.05, 3.63) is 84.2 Å². The SMILES string of the molecule is CN(Nc1cc2c(cn1)cnn2Cc1ccccc1F)C(=O)c1ccncc1. The van der Waals surface area contributed by atoms with Gasteiger partial charge in [-0.2, -0.15) is 5.10 Å². The van der Waals surface area contributed by atoms with Crippen LogP contribution in [0.4, 0.5) is 10.2 Å². The maximum Gasteiger partial charge on any atom is 0.272 e. The Morgan fingerprint density at radius 1 is 1.18 bits per heavy atom. The third-order valence-electron chi connectivity index (χ3n) is 4.32. The van der Waals surface area contributed by atoms with Gasteiger partial charge in [-0.1, -0.05) is 18.2 Å². The van der Waals surface area contributed by atoms with E-state index in [0.29, 0.717) is 23.5 Å². The molecule has 0 atom stereocenters. The van der Waals surface area contributed by atoms with Crippen LogP contribution in [0.3, 0.4) is 0 Å². The zero-order valence-electron chi connectivity index (χ0n) is 15.1. The Morgan fingerprint density at radius 2 is 1.96 bits per heavy atom. The van der Waals surface area contributed by atoms with Crippen LogP contribution >= 0.6 is 0 Å². The third kappa shape index (κ3) is 3.52. The van der Waals surface area contributed by atoms with E-state index in [1.807, 2.05) is 0 Å². The normalized spacial score (nSPS) is 10.8. The number of benzene rings is 1. The molecule has 0 spiro atoms. The quantitative estimate of drug-likeness (QED) is 0.542. The standard InChI is InChI=1S/C20H17FN6O/c1-26(20(28)14-6-8-22-9-7-14)25-19-10-18-16(11-23-19)12-24-27(18)13-15-4-2-3-5-17(15)21/h2-12H,13H2,1H3,(H,23,25). The van der Waals surface area contributed by atoms with E-state index >= 15 is 0 Å². The lowest BCUT2D eigenvalue weighted by molar-refractivity contribution is 0.0825. The van der Waals surface area contributed by atoms with Crippen LogP contribution in [0.15, 0.2) is 67.3 Å². The number of hydrogen-bond acceptors (Lipinski definition) is 5. The number of hydrazine groups is 1. The van der Waals surface area contributed by atoms with Crippen molar-refractivity contribution in [2.24, 2.45) is 0 Å². The number of carbonyl (C=O) groups excluding carboxylic acids is 1. The summed E-state index contributed by atoms with van der Waals surface area (Å²) in [7, 11) is 1.62. The molecule has 0 aliphatic carbocycles. The molecule has 0 bridgehead atoms. The first-order chi connectivity index (χ1) is 13.6. The summed E-state index contributed by atoms with van der Waals surface area (Å²) < 4.78 is 15.7.